The fourth-order valence-electron chi connectivity index (χ4n) is 1.80. The van der Waals surface area contributed by atoms with E-state index in [4.69, 9.17) is 5.26 Å². The van der Waals surface area contributed by atoms with Gasteiger partial charge in [0.05, 0.1) is 0 Å². The zero-order chi connectivity index (χ0) is 11.4. The van der Waals surface area contributed by atoms with E-state index in [1.54, 1.807) is 0 Å². The molecule has 6 nitrogen and oxygen atoms in total. The Morgan fingerprint density at radius 2 is 2.19 bits per heavy atom. The summed E-state index contributed by atoms with van der Waals surface area (Å²) < 4.78 is 1.41. The van der Waals surface area contributed by atoms with Crippen LogP contribution >= 0.6 is 0 Å². The minimum absolute atomic E-state index is 0.0501. The van der Waals surface area contributed by atoms with Crippen LogP contribution < -0.4 is 0 Å². The van der Waals surface area contributed by atoms with E-state index in [1.165, 1.54) is 17.4 Å². The number of hydrogen-bond donors (Lipinski definition) is 0. The Hall–Kier alpha value is -1.90. The fourth-order valence-corrected chi connectivity index (χ4v) is 1.80. The summed E-state index contributed by atoms with van der Waals surface area (Å²) >= 11 is 0. The first-order chi connectivity index (χ1) is 7.79. The number of hydrogen-bond acceptors (Lipinski definition) is 4. The highest BCUT2D eigenvalue weighted by Crippen LogP contribution is 2.09. The van der Waals surface area contributed by atoms with Gasteiger partial charge in [0.2, 0.25) is 5.91 Å². The number of amides is 1. The molecule has 1 saturated heterocycles. The van der Waals surface area contributed by atoms with E-state index in [2.05, 4.69) is 10.1 Å². The molecule has 1 aliphatic heterocycles. The van der Waals surface area contributed by atoms with Crippen LogP contribution in [0.5, 0.6) is 0 Å². The molecule has 16 heavy (non-hydrogen) atoms. The van der Waals surface area contributed by atoms with Crippen LogP contribution in [-0.4, -0.2) is 38.7 Å². The van der Waals surface area contributed by atoms with Gasteiger partial charge in [-0.05, 0) is 19.3 Å². The molecular formula is C10H13N5O. The number of likely N-dealkylation sites (tertiary alicyclic amines) is 1. The molecule has 6 heteroatoms. The van der Waals surface area contributed by atoms with Gasteiger partial charge in [0, 0.05) is 13.1 Å². The normalized spacial score (nSPS) is 15.8. The van der Waals surface area contributed by atoms with E-state index < -0.39 is 0 Å². The van der Waals surface area contributed by atoms with Crippen LogP contribution in [0.1, 0.15) is 25.1 Å². The molecular weight excluding hydrogens is 206 g/mol. The first-order valence-electron chi connectivity index (χ1n) is 5.37. The highest BCUT2D eigenvalue weighted by molar-refractivity contribution is 5.75. The zero-order valence-electron chi connectivity index (χ0n) is 8.96. The third-order valence-corrected chi connectivity index (χ3v) is 2.64. The second-order valence-electron chi connectivity index (χ2n) is 3.82. The highest BCUT2D eigenvalue weighted by atomic mass is 16.2. The summed E-state index contributed by atoms with van der Waals surface area (Å²) in [5.74, 6) is 0.153. The molecule has 0 radical (unpaired) electrons. The zero-order valence-corrected chi connectivity index (χ0v) is 8.96. The predicted octanol–water partition coefficient (Wildman–Crippen LogP) is 0.162. The number of carbonyl (C=O) groups is 1. The lowest BCUT2D eigenvalue weighted by atomic mass is 10.1. The van der Waals surface area contributed by atoms with Crippen LogP contribution in [0.25, 0.3) is 0 Å². The van der Waals surface area contributed by atoms with Crippen molar-refractivity contribution in [3.63, 3.8) is 0 Å². The Morgan fingerprint density at radius 3 is 2.81 bits per heavy atom. The third-order valence-electron chi connectivity index (χ3n) is 2.64. The van der Waals surface area contributed by atoms with Gasteiger partial charge in [0.15, 0.2) is 0 Å². The SMILES string of the molecule is N#Cc1ncn(CC(=O)N2CCCCC2)n1. The van der Waals surface area contributed by atoms with Crippen LogP contribution in [-0.2, 0) is 11.3 Å². The van der Waals surface area contributed by atoms with Gasteiger partial charge >= 0.3 is 0 Å². The Bertz CT molecular complexity index is 413. The molecule has 1 aliphatic rings. The van der Waals surface area contributed by atoms with Crippen LogP contribution in [0.2, 0.25) is 0 Å². The quantitative estimate of drug-likeness (QED) is 0.710. The van der Waals surface area contributed by atoms with E-state index in [0.29, 0.717) is 0 Å². The summed E-state index contributed by atoms with van der Waals surface area (Å²) in [6.45, 7) is 1.84. The molecule has 2 heterocycles. The van der Waals surface area contributed by atoms with Crippen molar-refractivity contribution in [2.24, 2.45) is 0 Å². The maximum absolute atomic E-state index is 11.8. The number of piperidine rings is 1. The molecule has 1 fully saturated rings. The first kappa shape index (κ1) is 10.6. The lowest BCUT2D eigenvalue weighted by Crippen LogP contribution is -2.37. The Morgan fingerprint density at radius 1 is 1.44 bits per heavy atom. The number of nitriles is 1. The summed E-state index contributed by atoms with van der Waals surface area (Å²) in [6, 6.07) is 1.83. The molecule has 1 amide bonds. The summed E-state index contributed by atoms with van der Waals surface area (Å²) in [4.78, 5) is 17.4. The van der Waals surface area contributed by atoms with Crippen LogP contribution in [0.4, 0.5) is 0 Å². The van der Waals surface area contributed by atoms with Gasteiger partial charge in [-0.3, -0.25) is 4.79 Å². The van der Waals surface area contributed by atoms with Crippen molar-refractivity contribution in [2.45, 2.75) is 25.8 Å². The highest BCUT2D eigenvalue weighted by Gasteiger charge is 2.17. The standard InChI is InChI=1S/C10H13N5O/c11-6-9-12-8-15(13-9)7-10(16)14-4-2-1-3-5-14/h8H,1-5,7H2. The van der Waals surface area contributed by atoms with Gasteiger partial charge in [-0.25, -0.2) is 9.67 Å². The summed E-state index contributed by atoms with van der Waals surface area (Å²) in [6.07, 6.45) is 4.77. The molecule has 0 aliphatic carbocycles. The smallest absolute Gasteiger partial charge is 0.252 e. The van der Waals surface area contributed by atoms with E-state index in [9.17, 15) is 4.79 Å². The maximum Gasteiger partial charge on any atom is 0.252 e. The number of aromatic nitrogens is 3. The van der Waals surface area contributed by atoms with Gasteiger partial charge in [0.1, 0.15) is 18.9 Å². The predicted molar refractivity (Wildman–Crippen MR) is 55.2 cm³/mol. The number of nitrogens with zero attached hydrogens (tertiary/aromatic N) is 5. The second kappa shape index (κ2) is 4.75. The molecule has 0 atom stereocenters. The third kappa shape index (κ3) is 2.37. The minimum Gasteiger partial charge on any atom is -0.341 e. The Balaban J connectivity index is 1.93. The van der Waals surface area contributed by atoms with Gasteiger partial charge in [-0.1, -0.05) is 0 Å². The van der Waals surface area contributed by atoms with Gasteiger partial charge < -0.3 is 4.90 Å². The van der Waals surface area contributed by atoms with Crippen molar-refractivity contribution >= 4 is 5.91 Å². The lowest BCUT2D eigenvalue weighted by Gasteiger charge is -2.26. The lowest BCUT2D eigenvalue weighted by molar-refractivity contribution is -0.132. The molecule has 1 aromatic rings. The largest absolute Gasteiger partial charge is 0.341 e. The van der Waals surface area contributed by atoms with Crippen molar-refractivity contribution in [3.05, 3.63) is 12.2 Å². The fraction of sp³-hybridized carbons (Fsp3) is 0.600. The summed E-state index contributed by atoms with van der Waals surface area (Å²) in [7, 11) is 0. The maximum atomic E-state index is 11.8. The Labute approximate surface area is 93.5 Å². The molecule has 1 aromatic heterocycles. The molecule has 84 valence electrons. The summed E-state index contributed by atoms with van der Waals surface area (Å²) in [5, 5.41) is 12.4. The Kier molecular flexibility index (Phi) is 3.15. The van der Waals surface area contributed by atoms with Crippen LogP contribution in [0, 0.1) is 11.3 Å². The van der Waals surface area contributed by atoms with E-state index in [1.807, 2.05) is 11.0 Å². The van der Waals surface area contributed by atoms with Crippen molar-refractivity contribution < 1.29 is 4.79 Å². The van der Waals surface area contributed by atoms with Crippen molar-refractivity contribution in [1.82, 2.24) is 19.7 Å². The van der Waals surface area contributed by atoms with Gasteiger partial charge in [-0.2, -0.15) is 5.26 Å². The van der Waals surface area contributed by atoms with Crippen molar-refractivity contribution in [3.8, 4) is 6.07 Å². The van der Waals surface area contributed by atoms with E-state index >= 15 is 0 Å². The average molecular weight is 219 g/mol. The molecule has 0 bridgehead atoms. The molecule has 0 unspecified atom stereocenters. The van der Waals surface area contributed by atoms with Gasteiger partial charge in [0.25, 0.3) is 5.82 Å². The molecule has 0 saturated carbocycles. The van der Waals surface area contributed by atoms with Crippen molar-refractivity contribution in [1.29, 1.82) is 5.26 Å². The minimum atomic E-state index is 0.0501. The molecule has 0 aromatic carbocycles. The molecule has 0 N–H and O–H groups in total. The van der Waals surface area contributed by atoms with E-state index in [0.717, 1.165) is 25.9 Å². The monoisotopic (exact) mass is 219 g/mol. The number of rotatable bonds is 2. The van der Waals surface area contributed by atoms with Crippen LogP contribution in [0.15, 0.2) is 6.33 Å². The van der Waals surface area contributed by atoms with Crippen LogP contribution in [0.3, 0.4) is 0 Å². The average Bonchev–Trinajstić information content (AvgIpc) is 2.78. The second-order valence-corrected chi connectivity index (χ2v) is 3.82. The topological polar surface area (TPSA) is 74.8 Å². The van der Waals surface area contributed by atoms with E-state index in [-0.39, 0.29) is 18.3 Å². The molecule has 2 rings (SSSR count). The first-order valence-corrected chi connectivity index (χ1v) is 5.37. The van der Waals surface area contributed by atoms with Gasteiger partial charge in [-0.15, -0.1) is 5.10 Å². The number of carbonyl (C=O) groups excluding carboxylic acids is 1. The summed E-state index contributed by atoms with van der Waals surface area (Å²) in [5.41, 5.74) is 0. The van der Waals surface area contributed by atoms with Crippen molar-refractivity contribution in [2.75, 3.05) is 13.1 Å². The molecule has 0 spiro atoms.